The maximum absolute atomic E-state index is 11.4. The van der Waals surface area contributed by atoms with E-state index in [1.54, 1.807) is 12.1 Å². The first-order valence-electron chi connectivity index (χ1n) is 11.3. The van der Waals surface area contributed by atoms with E-state index in [9.17, 15) is 14.7 Å². The summed E-state index contributed by atoms with van der Waals surface area (Å²) in [4.78, 5) is 22.1. The summed E-state index contributed by atoms with van der Waals surface area (Å²) >= 11 is 0. The summed E-state index contributed by atoms with van der Waals surface area (Å²) in [7, 11) is 0. The molecule has 1 aromatic heterocycles. The summed E-state index contributed by atoms with van der Waals surface area (Å²) in [6.07, 6.45) is 3.56. The molecular weight excluding hydrogens is 428 g/mol. The Kier molecular flexibility index (Phi) is 5.95. The van der Waals surface area contributed by atoms with Gasteiger partial charge in [0.05, 0.1) is 11.4 Å². The number of carbonyl (C=O) groups is 2. The molecule has 1 N–H and O–H groups in total. The highest BCUT2D eigenvalue weighted by atomic mass is 16.5. The SMILES string of the molecule is O=CC(=O)OC1CCc2nn(-c3cc(O)ccc3C(c3ccccc3)c3ccccc3)cc2C1. The lowest BCUT2D eigenvalue weighted by Crippen LogP contribution is -2.25. The number of aldehydes is 1. The number of phenolic OH excluding ortho intramolecular Hbond substituents is 1. The average Bonchev–Trinajstić information content (AvgIpc) is 3.30. The second-order valence-electron chi connectivity index (χ2n) is 8.46. The Labute approximate surface area is 197 Å². The molecule has 1 atom stereocenters. The molecule has 1 aliphatic rings. The van der Waals surface area contributed by atoms with Crippen molar-refractivity contribution in [2.24, 2.45) is 0 Å². The number of nitrogens with zero attached hydrogens (tertiary/aromatic N) is 2. The van der Waals surface area contributed by atoms with E-state index < -0.39 is 5.97 Å². The van der Waals surface area contributed by atoms with Crippen molar-refractivity contribution in [3.05, 3.63) is 113 Å². The van der Waals surface area contributed by atoms with Crippen LogP contribution in [-0.2, 0) is 27.2 Å². The number of rotatable bonds is 6. The number of hydrogen-bond donors (Lipinski definition) is 1. The van der Waals surface area contributed by atoms with E-state index in [2.05, 4.69) is 24.3 Å². The summed E-state index contributed by atoms with van der Waals surface area (Å²) < 4.78 is 7.03. The van der Waals surface area contributed by atoms with Crippen LogP contribution in [0.2, 0.25) is 0 Å². The van der Waals surface area contributed by atoms with Crippen LogP contribution in [0.3, 0.4) is 0 Å². The van der Waals surface area contributed by atoms with E-state index in [1.807, 2.05) is 53.3 Å². The van der Waals surface area contributed by atoms with Gasteiger partial charge in [0.1, 0.15) is 11.9 Å². The summed E-state index contributed by atoms with van der Waals surface area (Å²) in [5.41, 5.74) is 5.98. The van der Waals surface area contributed by atoms with Gasteiger partial charge in [-0.3, -0.25) is 4.79 Å². The largest absolute Gasteiger partial charge is 0.508 e. The van der Waals surface area contributed by atoms with Gasteiger partial charge in [-0.05, 0) is 41.2 Å². The zero-order chi connectivity index (χ0) is 23.5. The standard InChI is InChI=1S/C28H24N2O4/c31-18-27(33)34-23-12-14-25-21(15-23)17-30(29-25)26-16-22(32)11-13-24(26)28(19-7-3-1-4-8-19)20-9-5-2-6-10-20/h1-11,13,16-18,23,28,32H,12,14-15H2. The predicted octanol–water partition coefficient (Wildman–Crippen LogP) is 4.36. The maximum Gasteiger partial charge on any atom is 0.371 e. The average molecular weight is 453 g/mol. The van der Waals surface area contributed by atoms with Crippen molar-refractivity contribution in [3.63, 3.8) is 0 Å². The Hall–Kier alpha value is -4.19. The molecule has 0 aliphatic heterocycles. The third-order valence-electron chi connectivity index (χ3n) is 6.24. The fourth-order valence-corrected chi connectivity index (χ4v) is 4.70. The fraction of sp³-hybridized carbons (Fsp3) is 0.179. The van der Waals surface area contributed by atoms with Gasteiger partial charge in [0, 0.05) is 24.6 Å². The number of hydrogen-bond acceptors (Lipinski definition) is 5. The Morgan fingerprint density at radius 2 is 1.71 bits per heavy atom. The van der Waals surface area contributed by atoms with Gasteiger partial charge < -0.3 is 9.84 Å². The zero-order valence-corrected chi connectivity index (χ0v) is 18.5. The topological polar surface area (TPSA) is 81.4 Å². The molecule has 5 rings (SSSR count). The van der Waals surface area contributed by atoms with Crippen molar-refractivity contribution in [1.82, 2.24) is 9.78 Å². The number of phenols is 1. The number of aryl methyl sites for hydroxylation is 1. The zero-order valence-electron chi connectivity index (χ0n) is 18.5. The minimum Gasteiger partial charge on any atom is -0.508 e. The molecule has 3 aromatic carbocycles. The van der Waals surface area contributed by atoms with Crippen molar-refractivity contribution in [2.75, 3.05) is 0 Å². The third kappa shape index (κ3) is 4.35. The number of carbonyl (C=O) groups excluding carboxylic acids is 2. The fourth-order valence-electron chi connectivity index (χ4n) is 4.70. The van der Waals surface area contributed by atoms with E-state index in [0.717, 1.165) is 33.6 Å². The highest BCUT2D eigenvalue weighted by Gasteiger charge is 2.26. The van der Waals surface area contributed by atoms with E-state index >= 15 is 0 Å². The lowest BCUT2D eigenvalue weighted by atomic mass is 9.84. The first-order valence-corrected chi connectivity index (χ1v) is 11.3. The summed E-state index contributed by atoms with van der Waals surface area (Å²) in [5, 5.41) is 15.2. The lowest BCUT2D eigenvalue weighted by molar-refractivity contribution is -0.153. The molecule has 0 fully saturated rings. The Morgan fingerprint density at radius 3 is 2.35 bits per heavy atom. The Balaban J connectivity index is 1.58. The molecule has 1 aliphatic carbocycles. The van der Waals surface area contributed by atoms with Crippen LogP contribution in [-0.4, -0.2) is 33.2 Å². The van der Waals surface area contributed by atoms with Gasteiger partial charge in [0.15, 0.2) is 0 Å². The van der Waals surface area contributed by atoms with Gasteiger partial charge >= 0.3 is 5.97 Å². The van der Waals surface area contributed by atoms with Crippen LogP contribution < -0.4 is 0 Å². The number of esters is 1. The molecule has 4 aromatic rings. The van der Waals surface area contributed by atoms with Crippen molar-refractivity contribution in [1.29, 1.82) is 0 Å². The van der Waals surface area contributed by atoms with E-state index in [-0.39, 0.29) is 24.1 Å². The number of fused-ring (bicyclic) bond motifs is 1. The van der Waals surface area contributed by atoms with Crippen LogP contribution in [0, 0.1) is 0 Å². The normalized spacial score (nSPS) is 15.0. The molecule has 0 radical (unpaired) electrons. The van der Waals surface area contributed by atoms with E-state index in [0.29, 0.717) is 19.3 Å². The predicted molar refractivity (Wildman–Crippen MR) is 127 cm³/mol. The molecule has 34 heavy (non-hydrogen) atoms. The minimum atomic E-state index is -0.843. The van der Waals surface area contributed by atoms with Gasteiger partial charge in [-0.25, -0.2) is 9.48 Å². The Morgan fingerprint density at radius 1 is 1.03 bits per heavy atom. The maximum atomic E-state index is 11.4. The van der Waals surface area contributed by atoms with E-state index in [1.165, 1.54) is 0 Å². The highest BCUT2D eigenvalue weighted by molar-refractivity contribution is 6.20. The molecule has 6 heteroatoms. The second-order valence-corrected chi connectivity index (χ2v) is 8.46. The lowest BCUT2D eigenvalue weighted by Gasteiger charge is -2.22. The van der Waals surface area contributed by atoms with Crippen LogP contribution >= 0.6 is 0 Å². The van der Waals surface area contributed by atoms with Crippen molar-refractivity contribution < 1.29 is 19.4 Å². The highest BCUT2D eigenvalue weighted by Crippen LogP contribution is 2.37. The molecule has 0 saturated heterocycles. The van der Waals surface area contributed by atoms with Crippen LogP contribution in [0.25, 0.3) is 5.69 Å². The molecule has 1 heterocycles. The van der Waals surface area contributed by atoms with Crippen LogP contribution in [0.5, 0.6) is 5.75 Å². The molecule has 0 bridgehead atoms. The van der Waals surface area contributed by atoms with Gasteiger partial charge in [-0.2, -0.15) is 5.10 Å². The molecule has 0 saturated carbocycles. The second kappa shape index (κ2) is 9.35. The third-order valence-corrected chi connectivity index (χ3v) is 6.24. The minimum absolute atomic E-state index is 0.0551. The summed E-state index contributed by atoms with van der Waals surface area (Å²) in [6.45, 7) is 0. The van der Waals surface area contributed by atoms with Crippen molar-refractivity contribution >= 4 is 12.3 Å². The monoisotopic (exact) mass is 452 g/mol. The van der Waals surface area contributed by atoms with Gasteiger partial charge in [-0.15, -0.1) is 0 Å². The van der Waals surface area contributed by atoms with E-state index in [4.69, 9.17) is 9.84 Å². The van der Waals surface area contributed by atoms with Crippen molar-refractivity contribution in [2.45, 2.75) is 31.3 Å². The molecular formula is C28H24N2O4. The number of benzene rings is 3. The first kappa shape index (κ1) is 21.6. The van der Waals surface area contributed by atoms with Gasteiger partial charge in [0.2, 0.25) is 6.29 Å². The molecule has 1 unspecified atom stereocenters. The van der Waals surface area contributed by atoms with Crippen LogP contribution in [0.1, 0.15) is 40.3 Å². The van der Waals surface area contributed by atoms with Crippen LogP contribution in [0.15, 0.2) is 85.1 Å². The smallest absolute Gasteiger partial charge is 0.371 e. The quantitative estimate of drug-likeness (QED) is 0.204. The molecule has 0 amide bonds. The number of aromatic hydroxyl groups is 1. The summed E-state index contributed by atoms with van der Waals surface area (Å²) in [6, 6.07) is 25.9. The van der Waals surface area contributed by atoms with Gasteiger partial charge in [-0.1, -0.05) is 66.7 Å². The molecule has 0 spiro atoms. The number of aromatic nitrogens is 2. The Bertz CT molecular complexity index is 1280. The molecule has 170 valence electrons. The summed E-state index contributed by atoms with van der Waals surface area (Å²) in [5.74, 6) is -0.741. The van der Waals surface area contributed by atoms with Crippen molar-refractivity contribution in [3.8, 4) is 11.4 Å². The molecule has 6 nitrogen and oxygen atoms in total. The van der Waals surface area contributed by atoms with Crippen LogP contribution in [0.4, 0.5) is 0 Å². The number of ether oxygens (including phenoxy) is 1. The van der Waals surface area contributed by atoms with Gasteiger partial charge in [0.25, 0.3) is 0 Å². The first-order chi connectivity index (χ1) is 16.6.